The van der Waals surface area contributed by atoms with Gasteiger partial charge in [0.05, 0.1) is 0 Å². The molecule has 57 heavy (non-hydrogen) atoms. The fourth-order valence-corrected chi connectivity index (χ4v) is 11.3. The number of hydrogen-bond acceptors (Lipinski definition) is 4. The highest BCUT2D eigenvalue weighted by Crippen LogP contribution is 2.44. The van der Waals surface area contributed by atoms with Crippen LogP contribution in [0.25, 0.3) is 42.8 Å². The Morgan fingerprint density at radius 1 is 0.509 bits per heavy atom. The van der Waals surface area contributed by atoms with Crippen LogP contribution in [0.4, 0.5) is 0 Å². The molecular weight excluding hydrogens is 765 g/mol. The minimum absolute atomic E-state index is 1.09. The van der Waals surface area contributed by atoms with Crippen LogP contribution in [-0.4, -0.2) is 0 Å². The minimum Gasteiger partial charge on any atom is -0.135 e. The quantitative estimate of drug-likeness (QED) is 0.0580. The molecule has 0 fully saturated rings. The summed E-state index contributed by atoms with van der Waals surface area (Å²) >= 11 is 7.85. The molecule has 4 aromatic rings. The van der Waals surface area contributed by atoms with Crippen molar-refractivity contribution in [1.82, 2.24) is 0 Å². The first kappa shape index (κ1) is 44.8. The van der Waals surface area contributed by atoms with Gasteiger partial charge in [0, 0.05) is 39.0 Å². The van der Waals surface area contributed by atoms with Crippen LogP contribution in [0.3, 0.4) is 0 Å². The Morgan fingerprint density at radius 2 is 0.965 bits per heavy atom. The van der Waals surface area contributed by atoms with Gasteiger partial charge >= 0.3 is 0 Å². The molecule has 4 aromatic heterocycles. The molecule has 0 radical (unpaired) electrons. The zero-order valence-corrected chi connectivity index (χ0v) is 39.3. The number of allylic oxidation sites excluding steroid dienone is 14. The fraction of sp³-hybridized carbons (Fsp3) is 0.396. The van der Waals surface area contributed by atoms with Crippen molar-refractivity contribution >= 4 is 68.6 Å². The van der Waals surface area contributed by atoms with E-state index in [-0.39, 0.29) is 0 Å². The van der Waals surface area contributed by atoms with Gasteiger partial charge in [-0.3, -0.25) is 0 Å². The van der Waals surface area contributed by atoms with E-state index in [0.717, 1.165) is 32.1 Å². The van der Waals surface area contributed by atoms with Crippen LogP contribution in [0.15, 0.2) is 107 Å². The van der Waals surface area contributed by atoms with Crippen molar-refractivity contribution in [2.75, 3.05) is 0 Å². The SMILES string of the molecule is CCCCCCc1cc(-c2ccc(C3=CC=C(c4ccc(-c5cc(CCCCCC)c(/C=C/C(C)=C/C=C(\C)CC)s5)s4)CC3)s2)sc1/C=C/C(C)=C/C=C(C)C. The second kappa shape index (κ2) is 23.3. The van der Waals surface area contributed by atoms with E-state index in [4.69, 9.17) is 0 Å². The summed E-state index contributed by atoms with van der Waals surface area (Å²) in [5, 5.41) is 0. The average molecular weight is 831 g/mol. The van der Waals surface area contributed by atoms with Gasteiger partial charge in [-0.2, -0.15) is 0 Å². The molecular formula is C53H66S4. The third-order valence-electron chi connectivity index (χ3n) is 10.6. The maximum atomic E-state index is 2.49. The second-order valence-electron chi connectivity index (χ2n) is 15.9. The van der Waals surface area contributed by atoms with Crippen molar-refractivity contribution in [3.05, 3.63) is 138 Å². The van der Waals surface area contributed by atoms with Gasteiger partial charge in [-0.1, -0.05) is 130 Å². The van der Waals surface area contributed by atoms with Gasteiger partial charge in [0.2, 0.25) is 0 Å². The molecule has 0 bridgehead atoms. The molecule has 0 atom stereocenters. The number of hydrogen-bond donors (Lipinski definition) is 0. The topological polar surface area (TPSA) is 0 Å². The first-order valence-electron chi connectivity index (χ1n) is 21.6. The van der Waals surface area contributed by atoms with Gasteiger partial charge in [-0.25, -0.2) is 0 Å². The lowest BCUT2D eigenvalue weighted by Gasteiger charge is -2.12. The summed E-state index contributed by atoms with van der Waals surface area (Å²) in [4.78, 5) is 11.3. The predicted octanol–water partition coefficient (Wildman–Crippen LogP) is 19.0. The van der Waals surface area contributed by atoms with E-state index >= 15 is 0 Å². The molecule has 4 heteroatoms. The molecule has 0 N–H and O–H groups in total. The zero-order chi connectivity index (χ0) is 40.6. The fourth-order valence-electron chi connectivity index (χ4n) is 6.83. The molecule has 5 rings (SSSR count). The molecule has 4 heterocycles. The largest absolute Gasteiger partial charge is 0.135 e. The normalized spacial score (nSPS) is 14.3. The van der Waals surface area contributed by atoms with Crippen molar-refractivity contribution in [1.29, 1.82) is 0 Å². The van der Waals surface area contributed by atoms with Crippen LogP contribution in [0, 0.1) is 0 Å². The number of thiophene rings is 4. The summed E-state index contributed by atoms with van der Waals surface area (Å²) in [6, 6.07) is 14.4. The zero-order valence-electron chi connectivity index (χ0n) is 36.1. The molecule has 0 saturated heterocycles. The highest BCUT2D eigenvalue weighted by atomic mass is 32.1. The molecule has 0 saturated carbocycles. The van der Waals surface area contributed by atoms with E-state index in [0.29, 0.717) is 0 Å². The van der Waals surface area contributed by atoms with Crippen molar-refractivity contribution in [2.24, 2.45) is 0 Å². The summed E-state index contributed by atoms with van der Waals surface area (Å²) in [7, 11) is 0. The maximum absolute atomic E-state index is 2.49. The Balaban J connectivity index is 1.31. The summed E-state index contributed by atoms with van der Waals surface area (Å²) < 4.78 is 0. The molecule has 302 valence electrons. The van der Waals surface area contributed by atoms with E-state index in [2.05, 4.69) is 153 Å². The lowest BCUT2D eigenvalue weighted by molar-refractivity contribution is 0.667. The molecule has 0 unspecified atom stereocenters. The lowest BCUT2D eigenvalue weighted by Crippen LogP contribution is -1.90. The Morgan fingerprint density at radius 3 is 1.39 bits per heavy atom. The van der Waals surface area contributed by atoms with E-state index < -0.39 is 0 Å². The van der Waals surface area contributed by atoms with E-state index in [9.17, 15) is 0 Å². The van der Waals surface area contributed by atoms with Crippen molar-refractivity contribution < 1.29 is 0 Å². The minimum atomic E-state index is 1.09. The molecule has 1 aliphatic carbocycles. The van der Waals surface area contributed by atoms with E-state index in [1.54, 1.807) is 0 Å². The van der Waals surface area contributed by atoms with Gasteiger partial charge in [0.15, 0.2) is 0 Å². The van der Waals surface area contributed by atoms with Gasteiger partial charge in [-0.05, 0) is 150 Å². The van der Waals surface area contributed by atoms with E-state index in [1.165, 1.54) is 135 Å². The molecule has 0 nitrogen and oxygen atoms in total. The van der Waals surface area contributed by atoms with Crippen molar-refractivity contribution in [3.63, 3.8) is 0 Å². The monoisotopic (exact) mass is 830 g/mol. The summed E-state index contributed by atoms with van der Waals surface area (Å²) in [5.74, 6) is 0. The third kappa shape index (κ3) is 13.9. The van der Waals surface area contributed by atoms with Crippen LogP contribution in [0.5, 0.6) is 0 Å². The molecule has 0 amide bonds. The van der Waals surface area contributed by atoms with Crippen molar-refractivity contribution in [3.8, 4) is 19.5 Å². The highest BCUT2D eigenvalue weighted by Gasteiger charge is 2.17. The van der Waals surface area contributed by atoms with Gasteiger partial charge in [-0.15, -0.1) is 45.3 Å². The van der Waals surface area contributed by atoms with Crippen LogP contribution in [-0.2, 0) is 12.8 Å². The Hall–Kier alpha value is -3.28. The lowest BCUT2D eigenvalue weighted by atomic mass is 9.96. The highest BCUT2D eigenvalue weighted by molar-refractivity contribution is 7.23. The first-order chi connectivity index (χ1) is 27.7. The van der Waals surface area contributed by atoms with Gasteiger partial charge in [0.25, 0.3) is 0 Å². The molecule has 0 aromatic carbocycles. The van der Waals surface area contributed by atoms with Gasteiger partial charge < -0.3 is 0 Å². The van der Waals surface area contributed by atoms with E-state index in [1.807, 2.05) is 45.3 Å². The smallest absolute Gasteiger partial charge is 0.0452 e. The third-order valence-corrected chi connectivity index (χ3v) is 15.6. The Labute approximate surface area is 362 Å². The van der Waals surface area contributed by atoms with Crippen molar-refractivity contribution in [2.45, 2.75) is 139 Å². The van der Waals surface area contributed by atoms with Gasteiger partial charge in [0.1, 0.15) is 0 Å². The summed E-state index contributed by atoms with van der Waals surface area (Å²) in [6.07, 6.45) is 39.0. The van der Waals surface area contributed by atoms with Crippen LogP contribution in [0.1, 0.15) is 157 Å². The first-order valence-corrected chi connectivity index (χ1v) is 24.8. The average Bonchev–Trinajstić information content (AvgIpc) is 4.05. The number of unbranched alkanes of at least 4 members (excludes halogenated alkanes) is 6. The number of aryl methyl sites for hydroxylation is 2. The summed E-state index contributed by atoms with van der Waals surface area (Å²) in [5.41, 5.74) is 11.3. The standard InChI is InChI=1S/C53H66S4/c1-9-12-14-16-18-44-36-52(56-48(44)30-24-40(7)21-20-38(4)5)50-34-32-46(54-50)42-26-28-43(29-27-42)47-33-35-51(55-47)53-37-45(19-17-15-13-10-2)49(57-53)31-25-41(8)23-22-39(6)11-3/h20-26,28,30-37H,9-19,27,29H2,1-8H3/b30-24+,31-25+,39-22+,40-21+,41-23+. The summed E-state index contributed by atoms with van der Waals surface area (Å²) in [6.45, 7) is 17.7. The second-order valence-corrected chi connectivity index (χ2v) is 20.3. The number of rotatable bonds is 21. The molecule has 1 aliphatic rings. The Bertz CT molecular complexity index is 2140. The van der Waals surface area contributed by atoms with Crippen LogP contribution in [0.2, 0.25) is 0 Å². The maximum Gasteiger partial charge on any atom is 0.0452 e. The van der Waals surface area contributed by atoms with Crippen LogP contribution < -0.4 is 0 Å². The van der Waals surface area contributed by atoms with Crippen LogP contribution >= 0.6 is 45.3 Å². The predicted molar refractivity (Wildman–Crippen MR) is 265 cm³/mol. The molecule has 0 spiro atoms. The molecule has 0 aliphatic heterocycles. The Kier molecular flexibility index (Phi) is 18.4.